The van der Waals surface area contributed by atoms with E-state index >= 15 is 0 Å². The Bertz CT molecular complexity index is 1090. The van der Waals surface area contributed by atoms with E-state index in [0.717, 1.165) is 45.8 Å². The second kappa shape index (κ2) is 8.58. The number of aryl methyl sites for hydroxylation is 1. The standard InChI is InChI=1S/C19H26N8O2/c1-2-5-27-18(28)15-17(26-7-4-22-19(26)27)24-16(23-15)14(12-20)13-21-3-6-25-8-10-29-11-9-25/h4,7,12-13,20-21H,2-3,5-6,8-11H2,1H3,(H,23,24)/b14-13+,20-12?. The Morgan fingerprint density at radius 1 is 1.38 bits per heavy atom. The maximum atomic E-state index is 12.9. The number of hydrogen-bond acceptors (Lipinski definition) is 7. The summed E-state index contributed by atoms with van der Waals surface area (Å²) in [6.45, 7) is 7.70. The molecule has 1 aliphatic heterocycles. The minimum Gasteiger partial charge on any atom is -0.389 e. The second-order valence-corrected chi connectivity index (χ2v) is 6.99. The molecule has 4 rings (SSSR count). The summed E-state index contributed by atoms with van der Waals surface area (Å²) in [6.07, 6.45) is 7.28. The summed E-state index contributed by atoms with van der Waals surface area (Å²) in [6, 6.07) is 0. The number of ether oxygens (including phenoxy) is 1. The zero-order chi connectivity index (χ0) is 20.2. The molecule has 0 radical (unpaired) electrons. The summed E-state index contributed by atoms with van der Waals surface area (Å²) >= 11 is 0. The number of allylic oxidation sites excluding steroid dienone is 1. The van der Waals surface area contributed by atoms with Crippen LogP contribution in [-0.4, -0.2) is 74.4 Å². The van der Waals surface area contributed by atoms with Gasteiger partial charge in [0.2, 0.25) is 5.78 Å². The van der Waals surface area contributed by atoms with Gasteiger partial charge >= 0.3 is 0 Å². The summed E-state index contributed by atoms with van der Waals surface area (Å²) in [5, 5.41) is 11.0. The van der Waals surface area contributed by atoms with E-state index in [1.165, 1.54) is 6.21 Å². The Kier molecular flexibility index (Phi) is 5.72. The number of aromatic amines is 1. The summed E-state index contributed by atoms with van der Waals surface area (Å²) < 4.78 is 8.81. The van der Waals surface area contributed by atoms with E-state index < -0.39 is 0 Å². The van der Waals surface area contributed by atoms with E-state index in [1.54, 1.807) is 27.6 Å². The van der Waals surface area contributed by atoms with Crippen molar-refractivity contribution in [2.45, 2.75) is 19.9 Å². The third-order valence-corrected chi connectivity index (χ3v) is 5.04. The molecule has 0 atom stereocenters. The number of nitrogens with zero attached hydrogens (tertiary/aromatic N) is 5. The zero-order valence-corrected chi connectivity index (χ0v) is 16.5. The van der Waals surface area contributed by atoms with Gasteiger partial charge in [0.15, 0.2) is 11.2 Å². The average molecular weight is 398 g/mol. The van der Waals surface area contributed by atoms with E-state index in [0.29, 0.717) is 34.9 Å². The Balaban J connectivity index is 1.59. The van der Waals surface area contributed by atoms with E-state index in [1.807, 2.05) is 6.92 Å². The molecular formula is C19H26N8O2. The van der Waals surface area contributed by atoms with Crippen molar-refractivity contribution >= 4 is 28.7 Å². The molecule has 3 aromatic rings. The van der Waals surface area contributed by atoms with Crippen LogP contribution in [0.3, 0.4) is 0 Å². The van der Waals surface area contributed by atoms with Gasteiger partial charge in [0.25, 0.3) is 5.56 Å². The first kappa shape index (κ1) is 19.3. The third kappa shape index (κ3) is 3.81. The van der Waals surface area contributed by atoms with Gasteiger partial charge in [0.05, 0.1) is 18.8 Å². The van der Waals surface area contributed by atoms with Crippen molar-refractivity contribution in [3.63, 3.8) is 0 Å². The smallest absolute Gasteiger partial charge is 0.280 e. The minimum atomic E-state index is -0.149. The lowest BCUT2D eigenvalue weighted by Crippen LogP contribution is -2.39. The molecule has 29 heavy (non-hydrogen) atoms. The first-order valence-electron chi connectivity index (χ1n) is 9.93. The highest BCUT2D eigenvalue weighted by atomic mass is 16.5. The predicted molar refractivity (Wildman–Crippen MR) is 111 cm³/mol. The molecule has 0 saturated carbocycles. The molecule has 1 aliphatic rings. The Morgan fingerprint density at radius 2 is 2.21 bits per heavy atom. The fourth-order valence-corrected chi connectivity index (χ4v) is 3.54. The van der Waals surface area contributed by atoms with Gasteiger partial charge in [-0.05, 0) is 6.42 Å². The van der Waals surface area contributed by atoms with Gasteiger partial charge in [-0.15, -0.1) is 0 Å². The molecule has 10 heteroatoms. The van der Waals surface area contributed by atoms with Gasteiger partial charge in [-0.3, -0.25) is 18.7 Å². The largest absolute Gasteiger partial charge is 0.389 e. The number of imidazole rings is 2. The summed E-state index contributed by atoms with van der Waals surface area (Å²) in [5.74, 6) is 1.06. The van der Waals surface area contributed by atoms with Gasteiger partial charge in [-0.1, -0.05) is 6.92 Å². The van der Waals surface area contributed by atoms with Crippen molar-refractivity contribution in [1.29, 1.82) is 5.41 Å². The van der Waals surface area contributed by atoms with Crippen molar-refractivity contribution in [3.05, 3.63) is 34.8 Å². The fourth-order valence-electron chi connectivity index (χ4n) is 3.54. The Hall–Kier alpha value is -2.98. The highest BCUT2D eigenvalue weighted by molar-refractivity contribution is 6.07. The lowest BCUT2D eigenvalue weighted by Gasteiger charge is -2.26. The quantitative estimate of drug-likeness (QED) is 0.380. The van der Waals surface area contributed by atoms with E-state index in [4.69, 9.17) is 10.1 Å². The van der Waals surface area contributed by atoms with Crippen molar-refractivity contribution in [1.82, 2.24) is 34.1 Å². The van der Waals surface area contributed by atoms with Crippen molar-refractivity contribution in [3.8, 4) is 0 Å². The lowest BCUT2D eigenvalue weighted by atomic mass is 10.3. The van der Waals surface area contributed by atoms with E-state index in [-0.39, 0.29) is 5.56 Å². The molecule has 0 amide bonds. The number of hydrogen-bond donors (Lipinski definition) is 3. The monoisotopic (exact) mass is 398 g/mol. The van der Waals surface area contributed by atoms with Crippen molar-refractivity contribution in [2.24, 2.45) is 0 Å². The molecule has 3 aromatic heterocycles. The number of fused-ring (bicyclic) bond motifs is 3. The van der Waals surface area contributed by atoms with Gasteiger partial charge in [-0.2, -0.15) is 0 Å². The number of rotatable bonds is 8. The van der Waals surface area contributed by atoms with Crippen LogP contribution in [0.4, 0.5) is 0 Å². The molecule has 1 saturated heterocycles. The van der Waals surface area contributed by atoms with Gasteiger partial charge < -0.3 is 20.4 Å². The molecule has 0 aliphatic carbocycles. The Morgan fingerprint density at radius 3 is 2.97 bits per heavy atom. The Labute approximate surface area is 167 Å². The van der Waals surface area contributed by atoms with Gasteiger partial charge in [0.1, 0.15) is 5.82 Å². The molecule has 154 valence electrons. The molecular weight excluding hydrogens is 372 g/mol. The van der Waals surface area contributed by atoms with Gasteiger partial charge in [0, 0.05) is 57.5 Å². The fraction of sp³-hybridized carbons (Fsp3) is 0.474. The van der Waals surface area contributed by atoms with Crippen LogP contribution in [0.25, 0.3) is 22.5 Å². The molecule has 0 aromatic carbocycles. The number of morpholine rings is 1. The van der Waals surface area contributed by atoms with Crippen LogP contribution in [0, 0.1) is 5.41 Å². The second-order valence-electron chi connectivity index (χ2n) is 6.99. The summed E-state index contributed by atoms with van der Waals surface area (Å²) in [4.78, 5) is 27.3. The minimum absolute atomic E-state index is 0.149. The summed E-state index contributed by atoms with van der Waals surface area (Å²) in [7, 11) is 0. The van der Waals surface area contributed by atoms with Crippen molar-refractivity contribution < 1.29 is 4.74 Å². The highest BCUT2D eigenvalue weighted by Gasteiger charge is 2.16. The third-order valence-electron chi connectivity index (χ3n) is 5.04. The van der Waals surface area contributed by atoms with Crippen LogP contribution in [-0.2, 0) is 11.3 Å². The molecule has 4 heterocycles. The van der Waals surface area contributed by atoms with Crippen LogP contribution >= 0.6 is 0 Å². The number of H-pyrrole nitrogens is 1. The number of nitrogens with one attached hydrogen (secondary N) is 3. The zero-order valence-electron chi connectivity index (χ0n) is 16.5. The lowest BCUT2D eigenvalue weighted by molar-refractivity contribution is 0.0388. The van der Waals surface area contributed by atoms with Crippen LogP contribution in [0.2, 0.25) is 0 Å². The summed E-state index contributed by atoms with van der Waals surface area (Å²) in [5.41, 5.74) is 1.37. The predicted octanol–water partition coefficient (Wildman–Crippen LogP) is 0.695. The van der Waals surface area contributed by atoms with Crippen LogP contribution in [0.5, 0.6) is 0 Å². The molecule has 10 nitrogen and oxygen atoms in total. The maximum Gasteiger partial charge on any atom is 0.280 e. The van der Waals surface area contributed by atoms with Crippen LogP contribution in [0.15, 0.2) is 23.4 Å². The normalized spacial score (nSPS) is 16.0. The maximum absolute atomic E-state index is 12.9. The van der Waals surface area contributed by atoms with E-state index in [9.17, 15) is 4.79 Å². The molecule has 0 unspecified atom stereocenters. The molecule has 3 N–H and O–H groups in total. The molecule has 1 fully saturated rings. The molecule has 0 bridgehead atoms. The highest BCUT2D eigenvalue weighted by Crippen LogP contribution is 2.15. The van der Waals surface area contributed by atoms with Crippen LogP contribution < -0.4 is 10.9 Å². The van der Waals surface area contributed by atoms with Crippen LogP contribution in [0.1, 0.15) is 19.2 Å². The van der Waals surface area contributed by atoms with Crippen molar-refractivity contribution in [2.75, 3.05) is 39.4 Å². The first-order valence-corrected chi connectivity index (χ1v) is 9.93. The van der Waals surface area contributed by atoms with E-state index in [2.05, 4.69) is 25.2 Å². The first-order chi connectivity index (χ1) is 14.2. The molecule has 0 spiro atoms. The number of aromatic nitrogens is 5. The average Bonchev–Trinajstić information content (AvgIpc) is 3.39. The van der Waals surface area contributed by atoms with Gasteiger partial charge in [-0.25, -0.2) is 9.97 Å². The topological polar surface area (TPSA) is 116 Å². The SMILES string of the molecule is CCCn1c(=O)c2[nH]c(/C(C=N)=C/NCCN3CCOCC3)nc2n2ccnc12.